The number of benzene rings is 3. The molecule has 1 saturated carbocycles. The molecule has 0 radical (unpaired) electrons. The van der Waals surface area contributed by atoms with Crippen LogP contribution in [0.4, 0.5) is 28.9 Å². The van der Waals surface area contributed by atoms with Crippen molar-refractivity contribution in [2.45, 2.75) is 90.2 Å². The Morgan fingerprint density at radius 2 is 1.63 bits per heavy atom. The van der Waals surface area contributed by atoms with Crippen molar-refractivity contribution >= 4 is 29.2 Å². The predicted octanol–water partition coefficient (Wildman–Crippen LogP) is 8.03. The van der Waals surface area contributed by atoms with Crippen LogP contribution in [0.2, 0.25) is 0 Å². The molecule has 1 aliphatic heterocycles. The van der Waals surface area contributed by atoms with Gasteiger partial charge in [0.15, 0.2) is 0 Å². The Balaban J connectivity index is 1.43. The summed E-state index contributed by atoms with van der Waals surface area (Å²) in [7, 11) is 1.57. The third-order valence-corrected chi connectivity index (χ3v) is 9.93. The van der Waals surface area contributed by atoms with Crippen molar-refractivity contribution in [3.05, 3.63) is 94.3 Å². The number of likely N-dealkylation sites (N-methyl/N-ethyl adjacent to an activating group) is 1. The Kier molecular flexibility index (Phi) is 12.1. The van der Waals surface area contributed by atoms with E-state index in [9.17, 15) is 27.6 Å². The van der Waals surface area contributed by atoms with Gasteiger partial charge in [-0.25, -0.2) is 4.39 Å². The van der Waals surface area contributed by atoms with Crippen LogP contribution in [0.3, 0.4) is 0 Å². The molecule has 1 unspecified atom stereocenters. The molecule has 1 heterocycles. The number of carbonyl (C=O) groups excluding carboxylic acids is 3. The zero-order chi connectivity index (χ0) is 36.9. The summed E-state index contributed by atoms with van der Waals surface area (Å²) in [6.07, 6.45) is 0.459. The lowest BCUT2D eigenvalue weighted by Gasteiger charge is -2.41. The van der Waals surface area contributed by atoms with Crippen LogP contribution in [0.25, 0.3) is 0 Å². The van der Waals surface area contributed by atoms with Gasteiger partial charge < -0.3 is 25.6 Å². The topological polar surface area (TPSA) is 99.8 Å². The highest BCUT2D eigenvalue weighted by Gasteiger charge is 2.41. The fraction of sp³-hybridized carbons (Fsp3) is 0.462. The Bertz CT molecular complexity index is 1690. The van der Waals surface area contributed by atoms with Gasteiger partial charge in [-0.1, -0.05) is 57.0 Å². The molecule has 2 fully saturated rings. The number of piperidine rings is 1. The molecular weight excluding hydrogens is 664 g/mol. The molecule has 5 rings (SSSR count). The number of rotatable bonds is 11. The van der Waals surface area contributed by atoms with Crippen LogP contribution in [0.1, 0.15) is 91.0 Å². The summed E-state index contributed by atoms with van der Waals surface area (Å²) >= 11 is 0. The molecule has 0 bridgehead atoms. The first-order chi connectivity index (χ1) is 24.3. The zero-order valence-corrected chi connectivity index (χ0v) is 29.4. The summed E-state index contributed by atoms with van der Waals surface area (Å²) in [6, 6.07) is 14.1. The second-order valence-corrected chi connectivity index (χ2v) is 13.8. The third kappa shape index (κ3) is 8.90. The average molecular weight is 711 g/mol. The third-order valence-electron chi connectivity index (χ3n) is 9.93. The number of aryl methyl sites for hydroxylation is 1. The van der Waals surface area contributed by atoms with Crippen LogP contribution < -0.4 is 16.0 Å². The Hall–Kier alpha value is -4.45. The van der Waals surface area contributed by atoms with Gasteiger partial charge >= 0.3 is 12.1 Å². The molecular formula is C39H46F4N4O4. The number of carbonyl (C=O) groups is 3. The van der Waals surface area contributed by atoms with Crippen molar-refractivity contribution in [2.24, 2.45) is 11.8 Å². The Morgan fingerprint density at radius 3 is 2.25 bits per heavy atom. The molecule has 3 aromatic rings. The quantitative estimate of drug-likeness (QED) is 0.138. The summed E-state index contributed by atoms with van der Waals surface area (Å²) in [5, 5.41) is 9.00. The number of anilines is 2. The molecule has 51 heavy (non-hydrogen) atoms. The zero-order valence-electron chi connectivity index (χ0n) is 29.4. The standard InChI is InChI=1S/C39H46F4N4O4/c1-23(2)34(44-4)38(50)51-22-26-16-19-29(21-31(26)39(41,42)43)46-36(48)30-12-8-20-47(37(49)33-24(3)9-7-13-32(33)40)35(30)25-14-17-28(18-15-25)45-27-10-5-6-11-27/h7,9,13-19,21,23,27,30,34-35,44-45H,5-6,8,10-12,20,22H2,1-4H3,(H,46,48)/t30-,34?,35-/m0/s1. The molecule has 2 amide bonds. The minimum Gasteiger partial charge on any atom is -0.460 e. The van der Waals surface area contributed by atoms with Crippen LogP contribution >= 0.6 is 0 Å². The van der Waals surface area contributed by atoms with E-state index >= 15 is 4.39 Å². The summed E-state index contributed by atoms with van der Waals surface area (Å²) in [4.78, 5) is 42.1. The predicted molar refractivity (Wildman–Crippen MR) is 188 cm³/mol. The molecule has 3 aromatic carbocycles. The van der Waals surface area contributed by atoms with Crippen molar-refractivity contribution in [2.75, 3.05) is 24.2 Å². The molecule has 274 valence electrons. The smallest absolute Gasteiger partial charge is 0.416 e. The highest BCUT2D eigenvalue weighted by atomic mass is 19.4. The van der Waals surface area contributed by atoms with Gasteiger partial charge in [0.05, 0.1) is 23.1 Å². The largest absolute Gasteiger partial charge is 0.460 e. The highest BCUT2D eigenvalue weighted by Crippen LogP contribution is 2.40. The monoisotopic (exact) mass is 710 g/mol. The van der Waals surface area contributed by atoms with E-state index in [1.165, 1.54) is 29.2 Å². The average Bonchev–Trinajstić information content (AvgIpc) is 3.60. The van der Waals surface area contributed by atoms with Gasteiger partial charge in [-0.15, -0.1) is 0 Å². The minimum atomic E-state index is -4.80. The van der Waals surface area contributed by atoms with E-state index < -0.39 is 59.9 Å². The van der Waals surface area contributed by atoms with Crippen LogP contribution in [0.15, 0.2) is 60.7 Å². The lowest BCUT2D eigenvalue weighted by molar-refractivity contribution is -0.150. The maximum absolute atomic E-state index is 15.1. The van der Waals surface area contributed by atoms with Crippen molar-refractivity contribution in [3.8, 4) is 0 Å². The number of halogens is 4. The lowest BCUT2D eigenvalue weighted by atomic mass is 9.83. The number of hydrogen-bond donors (Lipinski definition) is 3. The summed E-state index contributed by atoms with van der Waals surface area (Å²) in [5.74, 6) is -3.47. The summed E-state index contributed by atoms with van der Waals surface area (Å²) in [5.41, 5.74) is 0.537. The number of alkyl halides is 3. The van der Waals surface area contributed by atoms with E-state index in [-0.39, 0.29) is 29.3 Å². The molecule has 3 N–H and O–H groups in total. The lowest BCUT2D eigenvalue weighted by Crippen LogP contribution is -2.46. The molecule has 12 heteroatoms. The maximum atomic E-state index is 15.1. The fourth-order valence-electron chi connectivity index (χ4n) is 7.28. The van der Waals surface area contributed by atoms with Gasteiger partial charge in [0.25, 0.3) is 5.91 Å². The number of hydrogen-bond acceptors (Lipinski definition) is 6. The Labute approximate surface area is 296 Å². The molecule has 3 atom stereocenters. The number of ether oxygens (including phenoxy) is 1. The Morgan fingerprint density at radius 1 is 0.941 bits per heavy atom. The first-order valence-electron chi connectivity index (χ1n) is 17.6. The normalized spacial score (nSPS) is 18.8. The second-order valence-electron chi connectivity index (χ2n) is 13.8. The van der Waals surface area contributed by atoms with Crippen LogP contribution in [-0.2, 0) is 27.1 Å². The number of esters is 1. The molecule has 8 nitrogen and oxygen atoms in total. The van der Waals surface area contributed by atoms with Crippen LogP contribution in [0, 0.1) is 24.6 Å². The van der Waals surface area contributed by atoms with E-state index in [0.29, 0.717) is 30.0 Å². The number of nitrogens with zero attached hydrogens (tertiary/aromatic N) is 1. The number of amides is 2. The molecule has 0 spiro atoms. The van der Waals surface area contributed by atoms with E-state index in [0.717, 1.165) is 37.4 Å². The molecule has 2 aliphatic rings. The maximum Gasteiger partial charge on any atom is 0.416 e. The summed E-state index contributed by atoms with van der Waals surface area (Å²) in [6.45, 7) is 4.89. The molecule has 1 aliphatic carbocycles. The van der Waals surface area contributed by atoms with E-state index in [1.54, 1.807) is 33.9 Å². The molecule has 0 aromatic heterocycles. The van der Waals surface area contributed by atoms with Crippen molar-refractivity contribution in [3.63, 3.8) is 0 Å². The second kappa shape index (κ2) is 16.3. The van der Waals surface area contributed by atoms with E-state index in [4.69, 9.17) is 4.74 Å². The van der Waals surface area contributed by atoms with Crippen LogP contribution in [-0.4, -0.2) is 48.4 Å². The van der Waals surface area contributed by atoms with Crippen molar-refractivity contribution in [1.82, 2.24) is 10.2 Å². The fourth-order valence-corrected chi connectivity index (χ4v) is 7.28. The summed E-state index contributed by atoms with van der Waals surface area (Å²) < 4.78 is 63.1. The van der Waals surface area contributed by atoms with Gasteiger partial charge in [-0.2, -0.15) is 13.2 Å². The SMILES string of the molecule is CNC(C(=O)OCc1ccc(NC(=O)[C@H]2CCCN(C(=O)c3c(C)cccc3F)[C@H]2c2ccc(NC3CCCC3)cc2)cc1C(F)(F)F)C(C)C. The van der Waals surface area contributed by atoms with E-state index in [1.807, 2.05) is 24.3 Å². The first kappa shape index (κ1) is 37.8. The minimum absolute atomic E-state index is 0.0800. The van der Waals surface area contributed by atoms with Gasteiger partial charge in [-0.3, -0.25) is 14.4 Å². The number of nitrogens with one attached hydrogen (secondary N) is 3. The van der Waals surface area contributed by atoms with E-state index in [2.05, 4.69) is 16.0 Å². The first-order valence-corrected chi connectivity index (χ1v) is 17.6. The van der Waals surface area contributed by atoms with Gasteiger partial charge in [-0.05, 0) is 87.0 Å². The van der Waals surface area contributed by atoms with Gasteiger partial charge in [0.2, 0.25) is 5.91 Å². The van der Waals surface area contributed by atoms with Gasteiger partial charge in [0, 0.05) is 29.5 Å². The van der Waals surface area contributed by atoms with Crippen LogP contribution in [0.5, 0.6) is 0 Å². The number of likely N-dealkylation sites (tertiary alicyclic amines) is 1. The van der Waals surface area contributed by atoms with Crippen molar-refractivity contribution < 1.29 is 36.7 Å². The van der Waals surface area contributed by atoms with Crippen molar-refractivity contribution in [1.29, 1.82) is 0 Å². The molecule has 1 saturated heterocycles. The highest BCUT2D eigenvalue weighted by molar-refractivity contribution is 5.98. The van der Waals surface area contributed by atoms with Gasteiger partial charge in [0.1, 0.15) is 18.5 Å².